The van der Waals surface area contributed by atoms with Gasteiger partial charge in [-0.3, -0.25) is 9.59 Å². The molecule has 5 heteroatoms. The van der Waals surface area contributed by atoms with E-state index >= 15 is 0 Å². The van der Waals surface area contributed by atoms with Crippen molar-refractivity contribution in [3.63, 3.8) is 0 Å². The summed E-state index contributed by atoms with van der Waals surface area (Å²) in [6.45, 7) is 1.86. The third-order valence-electron chi connectivity index (χ3n) is 2.84. The number of amides is 2. The van der Waals surface area contributed by atoms with Crippen molar-refractivity contribution in [2.45, 2.75) is 13.3 Å². The van der Waals surface area contributed by atoms with Gasteiger partial charge in [-0.15, -0.1) is 0 Å². The molecule has 2 amide bonds. The molecule has 0 aliphatic carbocycles. The SMILES string of the molecule is Cc1ccc(Cl)cc1N1C(=O)CC(CI)C1=O. The Kier molecular flexibility index (Phi) is 3.73. The predicted molar refractivity (Wildman–Crippen MR) is 75.7 cm³/mol. The number of halogens is 2. The number of alkyl halides is 1. The summed E-state index contributed by atoms with van der Waals surface area (Å²) in [4.78, 5) is 25.2. The minimum atomic E-state index is -0.193. The van der Waals surface area contributed by atoms with Gasteiger partial charge in [-0.25, -0.2) is 4.90 Å². The van der Waals surface area contributed by atoms with Crippen LogP contribution in [0, 0.1) is 12.8 Å². The van der Waals surface area contributed by atoms with Crippen LogP contribution in [-0.2, 0) is 9.59 Å². The van der Waals surface area contributed by atoms with Crippen LogP contribution in [0.3, 0.4) is 0 Å². The van der Waals surface area contributed by atoms with Gasteiger partial charge in [0.25, 0.3) is 0 Å². The molecule has 17 heavy (non-hydrogen) atoms. The first-order chi connectivity index (χ1) is 8.04. The van der Waals surface area contributed by atoms with Crippen LogP contribution in [0.4, 0.5) is 5.69 Å². The van der Waals surface area contributed by atoms with Crippen molar-refractivity contribution in [2.75, 3.05) is 9.33 Å². The Morgan fingerprint density at radius 2 is 2.18 bits per heavy atom. The first-order valence-electron chi connectivity index (χ1n) is 5.23. The van der Waals surface area contributed by atoms with Crippen LogP contribution in [0.2, 0.25) is 5.02 Å². The normalized spacial score (nSPS) is 20.2. The largest absolute Gasteiger partial charge is 0.274 e. The van der Waals surface area contributed by atoms with Crippen molar-refractivity contribution in [3.05, 3.63) is 28.8 Å². The Morgan fingerprint density at radius 3 is 2.76 bits per heavy atom. The summed E-state index contributed by atoms with van der Waals surface area (Å²) in [5.74, 6) is -0.446. The first kappa shape index (κ1) is 12.8. The van der Waals surface area contributed by atoms with Crippen LogP contribution in [0.1, 0.15) is 12.0 Å². The summed E-state index contributed by atoms with van der Waals surface area (Å²) in [6, 6.07) is 5.24. The molecule has 1 aromatic carbocycles. The lowest BCUT2D eigenvalue weighted by atomic mass is 10.1. The van der Waals surface area contributed by atoms with Gasteiger partial charge in [0.15, 0.2) is 0 Å². The van der Waals surface area contributed by atoms with E-state index in [1.807, 2.05) is 13.0 Å². The number of rotatable bonds is 2. The fourth-order valence-corrected chi connectivity index (χ4v) is 2.75. The lowest BCUT2D eigenvalue weighted by Gasteiger charge is -2.17. The van der Waals surface area contributed by atoms with E-state index in [1.54, 1.807) is 12.1 Å². The van der Waals surface area contributed by atoms with Gasteiger partial charge in [0, 0.05) is 15.9 Å². The summed E-state index contributed by atoms with van der Waals surface area (Å²) in [5.41, 5.74) is 1.49. The van der Waals surface area contributed by atoms with Gasteiger partial charge in [0.1, 0.15) is 0 Å². The van der Waals surface area contributed by atoms with Gasteiger partial charge in [0.2, 0.25) is 11.8 Å². The topological polar surface area (TPSA) is 37.4 Å². The van der Waals surface area contributed by atoms with Crippen LogP contribution in [0.25, 0.3) is 0 Å². The highest BCUT2D eigenvalue weighted by molar-refractivity contribution is 14.1. The molecule has 0 spiro atoms. The molecule has 1 saturated heterocycles. The molecular formula is C12H11ClINO2. The molecule has 90 valence electrons. The Bertz CT molecular complexity index is 489. The zero-order valence-electron chi connectivity index (χ0n) is 9.24. The molecule has 0 radical (unpaired) electrons. The number of imide groups is 1. The molecule has 0 saturated carbocycles. The molecule has 1 aliphatic heterocycles. The Labute approximate surface area is 118 Å². The summed E-state index contributed by atoms with van der Waals surface area (Å²) >= 11 is 8.04. The number of anilines is 1. The second-order valence-electron chi connectivity index (χ2n) is 4.05. The van der Waals surface area contributed by atoms with Crippen LogP contribution in [-0.4, -0.2) is 16.2 Å². The van der Waals surface area contributed by atoms with Gasteiger partial charge < -0.3 is 0 Å². The summed E-state index contributed by atoms with van der Waals surface area (Å²) in [5, 5.41) is 0.532. The lowest BCUT2D eigenvalue weighted by molar-refractivity contribution is -0.122. The molecule has 0 bridgehead atoms. The molecule has 2 rings (SSSR count). The van der Waals surface area contributed by atoms with E-state index in [9.17, 15) is 9.59 Å². The number of hydrogen-bond acceptors (Lipinski definition) is 2. The second-order valence-corrected chi connectivity index (χ2v) is 5.37. The van der Waals surface area contributed by atoms with Gasteiger partial charge >= 0.3 is 0 Å². The molecular weight excluding hydrogens is 352 g/mol. The van der Waals surface area contributed by atoms with Crippen LogP contribution in [0.15, 0.2) is 18.2 Å². The van der Waals surface area contributed by atoms with E-state index in [2.05, 4.69) is 22.6 Å². The summed E-state index contributed by atoms with van der Waals surface area (Å²) in [7, 11) is 0. The van der Waals surface area contributed by atoms with E-state index in [4.69, 9.17) is 11.6 Å². The zero-order chi connectivity index (χ0) is 12.6. The number of aryl methyl sites for hydroxylation is 1. The van der Waals surface area contributed by atoms with E-state index in [1.165, 1.54) is 4.90 Å². The van der Waals surface area contributed by atoms with Crippen LogP contribution in [0.5, 0.6) is 0 Å². The highest BCUT2D eigenvalue weighted by atomic mass is 127. The standard InChI is InChI=1S/C12H11ClINO2/c1-7-2-3-9(13)5-10(7)15-11(16)4-8(6-14)12(15)17/h2-3,5,8H,4,6H2,1H3. The van der Waals surface area contributed by atoms with E-state index in [-0.39, 0.29) is 17.7 Å². The van der Waals surface area contributed by atoms with Gasteiger partial charge in [0.05, 0.1) is 11.6 Å². The van der Waals surface area contributed by atoms with Crippen molar-refractivity contribution < 1.29 is 9.59 Å². The highest BCUT2D eigenvalue weighted by Gasteiger charge is 2.39. The Hall–Kier alpha value is -0.620. The smallest absolute Gasteiger partial charge is 0.238 e. The number of nitrogens with zero attached hydrogens (tertiary/aromatic N) is 1. The highest BCUT2D eigenvalue weighted by Crippen LogP contribution is 2.31. The van der Waals surface area contributed by atoms with Crippen molar-refractivity contribution in [2.24, 2.45) is 5.92 Å². The fourth-order valence-electron chi connectivity index (χ4n) is 1.89. The first-order valence-corrected chi connectivity index (χ1v) is 7.14. The molecule has 3 nitrogen and oxygen atoms in total. The molecule has 1 unspecified atom stereocenters. The summed E-state index contributed by atoms with van der Waals surface area (Å²) < 4.78 is 0.665. The van der Waals surface area contributed by atoms with Gasteiger partial charge in [-0.05, 0) is 24.6 Å². The fraction of sp³-hybridized carbons (Fsp3) is 0.333. The number of carbonyl (C=O) groups is 2. The van der Waals surface area contributed by atoms with Crippen molar-refractivity contribution >= 4 is 51.7 Å². The third-order valence-corrected chi connectivity index (χ3v) is 4.14. The minimum Gasteiger partial charge on any atom is -0.274 e. The average Bonchev–Trinajstić information content (AvgIpc) is 2.58. The maximum Gasteiger partial charge on any atom is 0.238 e. The number of benzene rings is 1. The van der Waals surface area contributed by atoms with Crippen molar-refractivity contribution in [1.29, 1.82) is 0 Å². The van der Waals surface area contributed by atoms with E-state index < -0.39 is 0 Å². The number of carbonyl (C=O) groups excluding carboxylic acids is 2. The monoisotopic (exact) mass is 363 g/mol. The molecule has 1 atom stereocenters. The second kappa shape index (κ2) is 4.94. The number of hydrogen-bond donors (Lipinski definition) is 0. The molecule has 1 aliphatic rings. The lowest BCUT2D eigenvalue weighted by Crippen LogP contribution is -2.31. The average molecular weight is 364 g/mol. The quantitative estimate of drug-likeness (QED) is 0.460. The minimum absolute atomic E-state index is 0.116. The molecule has 0 N–H and O–H groups in total. The Balaban J connectivity index is 2.43. The molecule has 1 fully saturated rings. The van der Waals surface area contributed by atoms with E-state index in [0.717, 1.165) is 5.56 Å². The predicted octanol–water partition coefficient (Wildman–Crippen LogP) is 2.96. The summed E-state index contributed by atoms with van der Waals surface area (Å²) in [6.07, 6.45) is 0.299. The van der Waals surface area contributed by atoms with Gasteiger partial charge in [-0.1, -0.05) is 40.3 Å². The maximum absolute atomic E-state index is 12.1. The van der Waals surface area contributed by atoms with E-state index in [0.29, 0.717) is 21.6 Å². The Morgan fingerprint density at radius 1 is 1.47 bits per heavy atom. The van der Waals surface area contributed by atoms with Crippen molar-refractivity contribution in [1.82, 2.24) is 0 Å². The molecule has 1 heterocycles. The van der Waals surface area contributed by atoms with Crippen molar-refractivity contribution in [3.8, 4) is 0 Å². The van der Waals surface area contributed by atoms with Gasteiger partial charge in [-0.2, -0.15) is 0 Å². The maximum atomic E-state index is 12.1. The molecule has 0 aromatic heterocycles. The molecule has 1 aromatic rings. The zero-order valence-corrected chi connectivity index (χ0v) is 12.2. The van der Waals surface area contributed by atoms with Crippen LogP contribution >= 0.6 is 34.2 Å². The van der Waals surface area contributed by atoms with Crippen LogP contribution < -0.4 is 4.90 Å². The third kappa shape index (κ3) is 2.33.